The molecule has 106 valence electrons. The number of rotatable bonds is 6. The van der Waals surface area contributed by atoms with Crippen molar-refractivity contribution in [2.45, 2.75) is 39.0 Å². The van der Waals surface area contributed by atoms with Crippen molar-refractivity contribution in [3.05, 3.63) is 47.1 Å². The van der Waals surface area contributed by atoms with Gasteiger partial charge in [0.2, 0.25) is 0 Å². The zero-order valence-corrected chi connectivity index (χ0v) is 11.4. The summed E-state index contributed by atoms with van der Waals surface area (Å²) in [6, 6.07) is 7.34. The maximum Gasteiger partial charge on any atom is 0.165 e. The van der Waals surface area contributed by atoms with Crippen molar-refractivity contribution in [2.24, 2.45) is 0 Å². The van der Waals surface area contributed by atoms with Crippen LogP contribution in [0.4, 0.5) is 4.39 Å². The van der Waals surface area contributed by atoms with Crippen molar-refractivity contribution in [2.75, 3.05) is 0 Å². The Labute approximate surface area is 116 Å². The fourth-order valence-electron chi connectivity index (χ4n) is 2.03. The van der Waals surface area contributed by atoms with Gasteiger partial charge in [0.05, 0.1) is 0 Å². The molecule has 20 heavy (non-hydrogen) atoms. The van der Waals surface area contributed by atoms with Crippen molar-refractivity contribution < 1.29 is 13.7 Å². The average Bonchev–Trinajstić information content (AvgIpc) is 3.17. The van der Waals surface area contributed by atoms with E-state index in [-0.39, 0.29) is 12.4 Å². The first-order valence-corrected chi connectivity index (χ1v) is 6.78. The number of hydrogen-bond acceptors (Lipinski definition) is 4. The lowest BCUT2D eigenvalue weighted by Gasteiger charge is -2.12. The van der Waals surface area contributed by atoms with Crippen LogP contribution >= 0.6 is 0 Å². The van der Waals surface area contributed by atoms with E-state index in [2.05, 4.69) is 10.5 Å². The Morgan fingerprint density at radius 2 is 2.30 bits per heavy atom. The van der Waals surface area contributed by atoms with Crippen molar-refractivity contribution in [1.82, 2.24) is 10.5 Å². The Hall–Kier alpha value is -1.88. The first-order valence-electron chi connectivity index (χ1n) is 6.78. The fourth-order valence-corrected chi connectivity index (χ4v) is 2.03. The smallest absolute Gasteiger partial charge is 0.165 e. The first-order chi connectivity index (χ1) is 9.72. The van der Waals surface area contributed by atoms with Crippen molar-refractivity contribution in [3.63, 3.8) is 0 Å². The maximum atomic E-state index is 13.9. The van der Waals surface area contributed by atoms with E-state index in [0.29, 0.717) is 29.8 Å². The summed E-state index contributed by atoms with van der Waals surface area (Å²) in [5, 5.41) is 7.20. The zero-order valence-electron chi connectivity index (χ0n) is 11.4. The summed E-state index contributed by atoms with van der Waals surface area (Å²) < 4.78 is 24.4. The number of aryl methyl sites for hydroxylation is 1. The van der Waals surface area contributed by atoms with E-state index in [1.54, 1.807) is 12.1 Å². The maximum absolute atomic E-state index is 13.9. The van der Waals surface area contributed by atoms with E-state index in [4.69, 9.17) is 9.26 Å². The molecule has 1 aliphatic carbocycles. The number of nitrogens with zero attached hydrogens (tertiary/aromatic N) is 1. The van der Waals surface area contributed by atoms with Gasteiger partial charge in [0.15, 0.2) is 11.6 Å². The number of halogens is 1. The molecule has 0 amide bonds. The number of nitrogens with one attached hydrogen (secondary N) is 1. The molecule has 0 radical (unpaired) electrons. The standard InChI is InChI=1S/C15H17FN2O2/c1-10-7-13(18-20-10)9-19-15-11(3-2-4-14(15)16)8-17-12-5-6-12/h2-4,7,12,17H,5-6,8-9H2,1H3. The number of para-hydroxylation sites is 1. The van der Waals surface area contributed by atoms with Crippen LogP contribution in [-0.4, -0.2) is 11.2 Å². The van der Waals surface area contributed by atoms with Crippen LogP contribution in [0.5, 0.6) is 5.75 Å². The van der Waals surface area contributed by atoms with Gasteiger partial charge in [0.25, 0.3) is 0 Å². The van der Waals surface area contributed by atoms with Crippen molar-refractivity contribution in [3.8, 4) is 5.75 Å². The molecule has 1 heterocycles. The van der Waals surface area contributed by atoms with E-state index in [9.17, 15) is 4.39 Å². The van der Waals surface area contributed by atoms with Gasteiger partial charge in [-0.15, -0.1) is 0 Å². The van der Waals surface area contributed by atoms with E-state index >= 15 is 0 Å². The molecule has 1 saturated carbocycles. The predicted octanol–water partition coefficient (Wildman–Crippen LogP) is 2.95. The predicted molar refractivity (Wildman–Crippen MR) is 71.8 cm³/mol. The molecule has 1 aromatic carbocycles. The zero-order chi connectivity index (χ0) is 13.9. The van der Waals surface area contributed by atoms with Crippen LogP contribution in [0.1, 0.15) is 29.9 Å². The lowest BCUT2D eigenvalue weighted by molar-refractivity contribution is 0.271. The van der Waals surface area contributed by atoms with Crippen LogP contribution in [-0.2, 0) is 13.2 Å². The molecule has 0 saturated heterocycles. The Morgan fingerprint density at radius 3 is 3.00 bits per heavy atom. The van der Waals surface area contributed by atoms with Crippen LogP contribution < -0.4 is 10.1 Å². The molecule has 5 heteroatoms. The van der Waals surface area contributed by atoms with E-state index in [1.165, 1.54) is 18.9 Å². The SMILES string of the molecule is Cc1cc(COc2c(F)cccc2CNC2CC2)no1. The summed E-state index contributed by atoms with van der Waals surface area (Å²) in [5.74, 6) is 0.661. The second-order valence-electron chi connectivity index (χ2n) is 5.10. The van der Waals surface area contributed by atoms with Gasteiger partial charge >= 0.3 is 0 Å². The third-order valence-electron chi connectivity index (χ3n) is 3.25. The number of ether oxygens (including phenoxy) is 1. The van der Waals surface area contributed by atoms with Crippen molar-refractivity contribution in [1.29, 1.82) is 0 Å². The van der Waals surface area contributed by atoms with Gasteiger partial charge in [-0.2, -0.15) is 0 Å². The molecule has 4 nitrogen and oxygen atoms in total. The van der Waals surface area contributed by atoms with Gasteiger partial charge in [-0.05, 0) is 25.8 Å². The van der Waals surface area contributed by atoms with Gasteiger partial charge in [0.1, 0.15) is 18.1 Å². The summed E-state index contributed by atoms with van der Waals surface area (Å²) in [6.45, 7) is 2.63. The number of benzene rings is 1. The van der Waals surface area contributed by atoms with E-state index in [1.807, 2.05) is 13.0 Å². The molecule has 0 atom stereocenters. The van der Waals surface area contributed by atoms with Crippen LogP contribution in [0, 0.1) is 12.7 Å². The van der Waals surface area contributed by atoms with Crippen molar-refractivity contribution >= 4 is 0 Å². The molecular formula is C15H17FN2O2. The Kier molecular flexibility index (Phi) is 3.69. The summed E-state index contributed by atoms with van der Waals surface area (Å²) in [5.41, 5.74) is 1.49. The minimum absolute atomic E-state index is 0.203. The molecule has 3 rings (SSSR count). The van der Waals surface area contributed by atoms with Crippen LogP contribution in [0.25, 0.3) is 0 Å². The summed E-state index contributed by atoms with van der Waals surface area (Å²) in [7, 11) is 0. The highest BCUT2D eigenvalue weighted by Gasteiger charge is 2.21. The molecule has 0 unspecified atom stereocenters. The Morgan fingerprint density at radius 1 is 1.45 bits per heavy atom. The third kappa shape index (κ3) is 3.17. The Bertz CT molecular complexity index is 593. The first kappa shape index (κ1) is 13.1. The van der Waals surface area contributed by atoms with Crippen LogP contribution in [0.3, 0.4) is 0 Å². The second-order valence-corrected chi connectivity index (χ2v) is 5.10. The molecular weight excluding hydrogens is 259 g/mol. The quantitative estimate of drug-likeness (QED) is 0.881. The summed E-state index contributed by atoms with van der Waals surface area (Å²) in [6.07, 6.45) is 2.40. The molecule has 1 aliphatic rings. The lowest BCUT2D eigenvalue weighted by Crippen LogP contribution is -2.16. The van der Waals surface area contributed by atoms with Gasteiger partial charge in [-0.1, -0.05) is 17.3 Å². The minimum atomic E-state index is -0.347. The molecule has 1 aromatic heterocycles. The summed E-state index contributed by atoms with van der Waals surface area (Å²) in [4.78, 5) is 0. The minimum Gasteiger partial charge on any atom is -0.484 e. The van der Waals surface area contributed by atoms with Crippen LogP contribution in [0.15, 0.2) is 28.8 Å². The summed E-state index contributed by atoms with van der Waals surface area (Å²) >= 11 is 0. The average molecular weight is 276 g/mol. The highest BCUT2D eigenvalue weighted by atomic mass is 19.1. The molecule has 0 spiro atoms. The molecule has 2 aromatic rings. The van der Waals surface area contributed by atoms with E-state index in [0.717, 1.165) is 5.56 Å². The monoisotopic (exact) mass is 276 g/mol. The van der Waals surface area contributed by atoms with Gasteiger partial charge < -0.3 is 14.6 Å². The van der Waals surface area contributed by atoms with Gasteiger partial charge in [-0.25, -0.2) is 4.39 Å². The highest BCUT2D eigenvalue weighted by Crippen LogP contribution is 2.26. The Balaban J connectivity index is 1.69. The van der Waals surface area contributed by atoms with Gasteiger partial charge in [-0.3, -0.25) is 0 Å². The molecule has 0 aliphatic heterocycles. The third-order valence-corrected chi connectivity index (χ3v) is 3.25. The molecule has 1 fully saturated rings. The van der Waals surface area contributed by atoms with Crippen LogP contribution in [0.2, 0.25) is 0 Å². The number of hydrogen-bond donors (Lipinski definition) is 1. The molecule has 0 bridgehead atoms. The lowest BCUT2D eigenvalue weighted by atomic mass is 10.2. The fraction of sp³-hybridized carbons (Fsp3) is 0.400. The molecule has 1 N–H and O–H groups in total. The largest absolute Gasteiger partial charge is 0.484 e. The second kappa shape index (κ2) is 5.63. The normalized spacial score (nSPS) is 14.5. The van der Waals surface area contributed by atoms with Gasteiger partial charge in [0, 0.05) is 24.2 Å². The van der Waals surface area contributed by atoms with E-state index < -0.39 is 0 Å². The highest BCUT2D eigenvalue weighted by molar-refractivity contribution is 5.35. The topological polar surface area (TPSA) is 47.3 Å². The number of aromatic nitrogens is 1.